The van der Waals surface area contributed by atoms with E-state index in [-0.39, 0.29) is 0 Å². The van der Waals surface area contributed by atoms with Crippen molar-refractivity contribution in [1.82, 2.24) is 0 Å². The first-order chi connectivity index (χ1) is 5.93. The van der Waals surface area contributed by atoms with Gasteiger partial charge in [0, 0.05) is 6.61 Å². The summed E-state index contributed by atoms with van der Waals surface area (Å²) >= 11 is 0. The van der Waals surface area contributed by atoms with Crippen LogP contribution in [0.5, 0.6) is 0 Å². The van der Waals surface area contributed by atoms with Crippen LogP contribution in [0.25, 0.3) is 0 Å². The summed E-state index contributed by atoms with van der Waals surface area (Å²) in [5, 5.41) is 1.43. The Morgan fingerprint density at radius 2 is 2.00 bits per heavy atom. The minimum atomic E-state index is 0.833. The number of hydrogen-bond acceptors (Lipinski definition) is 1. The Hall–Kier alpha value is -0.390. The number of hydrogen-bond donors (Lipinski definition) is 0. The predicted octanol–water partition coefficient (Wildman–Crippen LogP) is 2.03. The largest absolute Gasteiger partial charge is 0.381 e. The number of rotatable bonds is 5. The van der Waals surface area contributed by atoms with Crippen LogP contribution in [0.2, 0.25) is 0 Å². The zero-order chi connectivity index (χ0) is 8.65. The summed E-state index contributed by atoms with van der Waals surface area (Å²) in [5.41, 5.74) is 0. The fourth-order valence-electron chi connectivity index (χ4n) is 0.968. The third kappa shape index (κ3) is 3.85. The third-order valence-corrected chi connectivity index (χ3v) is 2.75. The minimum Gasteiger partial charge on any atom is -0.381 e. The van der Waals surface area contributed by atoms with Gasteiger partial charge in [0.25, 0.3) is 0 Å². The van der Waals surface area contributed by atoms with Gasteiger partial charge in [-0.15, -0.1) is 0 Å². The van der Waals surface area contributed by atoms with Crippen molar-refractivity contribution in [1.29, 1.82) is 0 Å². The van der Waals surface area contributed by atoms with Gasteiger partial charge in [-0.1, -0.05) is 38.9 Å². The van der Waals surface area contributed by atoms with E-state index in [1.165, 1.54) is 5.30 Å². The van der Waals surface area contributed by atoms with Crippen LogP contribution in [0.1, 0.15) is 6.92 Å². The quantitative estimate of drug-likeness (QED) is 0.500. The van der Waals surface area contributed by atoms with Crippen molar-refractivity contribution in [2.45, 2.75) is 6.92 Å². The van der Waals surface area contributed by atoms with Gasteiger partial charge in [0.15, 0.2) is 0 Å². The van der Waals surface area contributed by atoms with Crippen LogP contribution >= 0.6 is 8.58 Å². The fraction of sp³-hybridized carbons (Fsp3) is 0.400. The van der Waals surface area contributed by atoms with Crippen LogP contribution in [-0.2, 0) is 4.74 Å². The molecule has 0 amide bonds. The molecule has 0 heterocycles. The maximum absolute atomic E-state index is 5.26. The fourth-order valence-corrected chi connectivity index (χ4v) is 1.93. The molecule has 1 unspecified atom stereocenters. The molecule has 0 aromatic heterocycles. The summed E-state index contributed by atoms with van der Waals surface area (Å²) < 4.78 is 5.26. The molecule has 66 valence electrons. The van der Waals surface area contributed by atoms with Crippen LogP contribution in [-0.4, -0.2) is 19.4 Å². The molecule has 0 aliphatic carbocycles. The smallest absolute Gasteiger partial charge is 0.0505 e. The lowest BCUT2D eigenvalue weighted by Crippen LogP contribution is -1.99. The lowest BCUT2D eigenvalue weighted by Gasteiger charge is -2.01. The molecular formula is C10H15OP. The molecular weight excluding hydrogens is 167 g/mol. The van der Waals surface area contributed by atoms with Crippen molar-refractivity contribution in [2.75, 3.05) is 19.4 Å². The second kappa shape index (κ2) is 6.16. The molecule has 0 bridgehead atoms. The molecule has 2 heteroatoms. The van der Waals surface area contributed by atoms with Crippen LogP contribution in [0.4, 0.5) is 0 Å². The normalized spacial score (nSPS) is 11.1. The van der Waals surface area contributed by atoms with E-state index in [1.54, 1.807) is 0 Å². The average molecular weight is 182 g/mol. The highest BCUT2D eigenvalue weighted by molar-refractivity contribution is 7.47. The van der Waals surface area contributed by atoms with Gasteiger partial charge in [-0.05, 0) is 18.4 Å². The van der Waals surface area contributed by atoms with Crippen molar-refractivity contribution in [3.63, 3.8) is 0 Å². The monoisotopic (exact) mass is 182 g/mol. The van der Waals surface area contributed by atoms with Gasteiger partial charge in [0.2, 0.25) is 0 Å². The molecule has 0 saturated heterocycles. The first-order valence-electron chi connectivity index (χ1n) is 4.30. The Morgan fingerprint density at radius 3 is 2.67 bits per heavy atom. The summed E-state index contributed by atoms with van der Waals surface area (Å²) in [5.74, 6) is 0. The second-order valence-electron chi connectivity index (χ2n) is 2.49. The Balaban J connectivity index is 2.16. The van der Waals surface area contributed by atoms with Crippen LogP contribution in [0.3, 0.4) is 0 Å². The van der Waals surface area contributed by atoms with E-state index in [9.17, 15) is 0 Å². The van der Waals surface area contributed by atoms with Gasteiger partial charge in [0.1, 0.15) is 0 Å². The molecule has 0 saturated carbocycles. The van der Waals surface area contributed by atoms with Crippen molar-refractivity contribution in [3.8, 4) is 0 Å². The van der Waals surface area contributed by atoms with Crippen LogP contribution in [0.15, 0.2) is 30.3 Å². The standard InChI is InChI=1S/C10H15OP/c1-2-11-8-9-12-10-6-4-3-5-7-10/h3-7,12H,2,8-9H2,1H3. The van der Waals surface area contributed by atoms with Crippen LogP contribution in [0, 0.1) is 0 Å². The summed E-state index contributed by atoms with van der Waals surface area (Å²) in [7, 11) is 0.889. The molecule has 1 nitrogen and oxygen atoms in total. The molecule has 0 aliphatic heterocycles. The van der Waals surface area contributed by atoms with E-state index in [2.05, 4.69) is 30.3 Å². The van der Waals surface area contributed by atoms with Gasteiger partial charge in [-0.2, -0.15) is 0 Å². The van der Waals surface area contributed by atoms with E-state index >= 15 is 0 Å². The Bertz CT molecular complexity index is 198. The van der Waals surface area contributed by atoms with E-state index in [0.717, 1.165) is 28.0 Å². The van der Waals surface area contributed by atoms with Gasteiger partial charge in [-0.3, -0.25) is 0 Å². The van der Waals surface area contributed by atoms with Crippen molar-refractivity contribution >= 4 is 13.9 Å². The Kier molecular flexibility index (Phi) is 4.98. The SMILES string of the molecule is CCOCCPc1ccccc1. The number of benzene rings is 1. The molecule has 0 aliphatic rings. The molecule has 1 atom stereocenters. The van der Waals surface area contributed by atoms with E-state index < -0.39 is 0 Å². The summed E-state index contributed by atoms with van der Waals surface area (Å²) in [6.07, 6.45) is 1.15. The predicted molar refractivity (Wildman–Crippen MR) is 55.8 cm³/mol. The summed E-state index contributed by atoms with van der Waals surface area (Å²) in [4.78, 5) is 0. The maximum Gasteiger partial charge on any atom is 0.0505 e. The third-order valence-electron chi connectivity index (χ3n) is 1.55. The highest BCUT2D eigenvalue weighted by atomic mass is 31.1. The lowest BCUT2D eigenvalue weighted by molar-refractivity contribution is 0.164. The van der Waals surface area contributed by atoms with Gasteiger partial charge in [-0.25, -0.2) is 0 Å². The Labute approximate surface area is 75.9 Å². The zero-order valence-corrected chi connectivity index (χ0v) is 8.42. The van der Waals surface area contributed by atoms with E-state index in [1.807, 2.05) is 6.92 Å². The zero-order valence-electron chi connectivity index (χ0n) is 7.42. The van der Waals surface area contributed by atoms with Crippen LogP contribution < -0.4 is 5.30 Å². The molecule has 0 radical (unpaired) electrons. The Morgan fingerprint density at radius 1 is 1.25 bits per heavy atom. The van der Waals surface area contributed by atoms with Gasteiger partial charge >= 0.3 is 0 Å². The first-order valence-corrected chi connectivity index (χ1v) is 5.51. The second-order valence-corrected chi connectivity index (χ2v) is 3.92. The van der Waals surface area contributed by atoms with Crippen molar-refractivity contribution in [2.24, 2.45) is 0 Å². The highest BCUT2D eigenvalue weighted by Gasteiger charge is 1.90. The van der Waals surface area contributed by atoms with Gasteiger partial charge < -0.3 is 4.74 Å². The molecule has 1 aromatic rings. The highest BCUT2D eigenvalue weighted by Crippen LogP contribution is 2.08. The molecule has 0 spiro atoms. The van der Waals surface area contributed by atoms with E-state index in [0.29, 0.717) is 0 Å². The molecule has 1 aromatic carbocycles. The topological polar surface area (TPSA) is 9.23 Å². The molecule has 12 heavy (non-hydrogen) atoms. The van der Waals surface area contributed by atoms with E-state index in [4.69, 9.17) is 4.74 Å². The lowest BCUT2D eigenvalue weighted by atomic mass is 10.4. The first kappa shape index (κ1) is 9.70. The molecule has 1 rings (SSSR count). The molecule has 0 fully saturated rings. The average Bonchev–Trinajstić information content (AvgIpc) is 2.14. The molecule has 0 N–H and O–H groups in total. The maximum atomic E-state index is 5.26. The van der Waals surface area contributed by atoms with Crippen molar-refractivity contribution < 1.29 is 4.74 Å². The van der Waals surface area contributed by atoms with Gasteiger partial charge in [0.05, 0.1) is 6.61 Å². The van der Waals surface area contributed by atoms with Crippen molar-refractivity contribution in [3.05, 3.63) is 30.3 Å². The summed E-state index contributed by atoms with van der Waals surface area (Å²) in [6, 6.07) is 10.6. The summed E-state index contributed by atoms with van der Waals surface area (Å²) in [6.45, 7) is 3.76. The number of ether oxygens (including phenoxy) is 1. The minimum absolute atomic E-state index is 0.833.